The number of nitrogens with zero attached hydrogens (tertiary/aromatic N) is 2. The van der Waals surface area contributed by atoms with E-state index in [0.717, 1.165) is 11.3 Å². The number of hydrogen-bond donors (Lipinski definition) is 0. The molecule has 7 nitrogen and oxygen atoms in total. The van der Waals surface area contributed by atoms with Gasteiger partial charge in [-0.1, -0.05) is 0 Å². The zero-order valence-electron chi connectivity index (χ0n) is 12.6. The normalized spacial score (nSPS) is 12.4. The summed E-state index contributed by atoms with van der Waals surface area (Å²) in [6.07, 6.45) is 1.33. The third-order valence-electron chi connectivity index (χ3n) is 3.09. The molecule has 2 rings (SSSR count). The SMILES string of the molecule is CC(=O)c1cc(C)cn2c(=O)c(C)c(OS(=O)(=O)C(F)(F)F)nc12. The van der Waals surface area contributed by atoms with Gasteiger partial charge in [0.1, 0.15) is 0 Å². The van der Waals surface area contributed by atoms with Crippen molar-refractivity contribution in [1.29, 1.82) is 0 Å². The monoisotopic (exact) mass is 364 g/mol. The van der Waals surface area contributed by atoms with Crippen molar-refractivity contribution in [2.75, 3.05) is 0 Å². The first-order valence-corrected chi connectivity index (χ1v) is 7.81. The second kappa shape index (κ2) is 5.58. The molecule has 0 aliphatic carbocycles. The maximum Gasteiger partial charge on any atom is 0.534 e. The van der Waals surface area contributed by atoms with Gasteiger partial charge in [-0.05, 0) is 32.4 Å². The van der Waals surface area contributed by atoms with Crippen LogP contribution in [0, 0.1) is 13.8 Å². The van der Waals surface area contributed by atoms with Crippen LogP contribution < -0.4 is 9.74 Å². The second-order valence-corrected chi connectivity index (χ2v) is 6.55. The summed E-state index contributed by atoms with van der Waals surface area (Å²) in [6, 6.07) is 1.38. The van der Waals surface area contributed by atoms with Crippen molar-refractivity contribution in [3.63, 3.8) is 0 Å². The molecule has 0 unspecified atom stereocenters. The quantitative estimate of drug-likeness (QED) is 0.468. The van der Waals surface area contributed by atoms with E-state index >= 15 is 0 Å². The molecule has 11 heteroatoms. The van der Waals surface area contributed by atoms with Crippen LogP contribution in [0.1, 0.15) is 28.4 Å². The van der Waals surface area contributed by atoms with E-state index in [-0.39, 0.29) is 11.2 Å². The van der Waals surface area contributed by atoms with E-state index in [4.69, 9.17) is 0 Å². The molecule has 2 heterocycles. The molecule has 0 N–H and O–H groups in total. The highest BCUT2D eigenvalue weighted by atomic mass is 32.2. The van der Waals surface area contributed by atoms with Crippen LogP contribution in [0.3, 0.4) is 0 Å². The zero-order valence-corrected chi connectivity index (χ0v) is 13.4. The molecule has 2 aromatic rings. The Bertz CT molecular complexity index is 1010. The van der Waals surface area contributed by atoms with E-state index in [1.807, 2.05) is 0 Å². The molecule has 130 valence electrons. The number of carbonyl (C=O) groups excluding carboxylic acids is 1. The lowest BCUT2D eigenvalue weighted by molar-refractivity contribution is -0.0501. The van der Waals surface area contributed by atoms with Gasteiger partial charge in [-0.25, -0.2) is 0 Å². The molecule has 0 bridgehead atoms. The van der Waals surface area contributed by atoms with Gasteiger partial charge >= 0.3 is 15.6 Å². The summed E-state index contributed by atoms with van der Waals surface area (Å²) in [5.41, 5.74) is -6.79. The fourth-order valence-electron chi connectivity index (χ4n) is 1.94. The first-order chi connectivity index (χ1) is 10.8. The molecule has 0 aromatic carbocycles. The van der Waals surface area contributed by atoms with Gasteiger partial charge in [0.15, 0.2) is 11.4 Å². The van der Waals surface area contributed by atoms with Gasteiger partial charge in [-0.15, -0.1) is 0 Å². The maximum absolute atomic E-state index is 12.4. The molecular formula is C13H11F3N2O5S. The van der Waals surface area contributed by atoms with Crippen molar-refractivity contribution in [1.82, 2.24) is 9.38 Å². The highest BCUT2D eigenvalue weighted by Crippen LogP contribution is 2.27. The molecular weight excluding hydrogens is 353 g/mol. The average molecular weight is 364 g/mol. The Morgan fingerprint density at radius 3 is 2.38 bits per heavy atom. The molecule has 0 saturated heterocycles. The third kappa shape index (κ3) is 2.98. The van der Waals surface area contributed by atoms with E-state index in [0.29, 0.717) is 5.56 Å². The Morgan fingerprint density at radius 1 is 1.29 bits per heavy atom. The number of ketones is 1. The second-order valence-electron chi connectivity index (χ2n) is 5.01. The molecule has 0 atom stereocenters. The summed E-state index contributed by atoms with van der Waals surface area (Å²) in [7, 11) is -6.00. The summed E-state index contributed by atoms with van der Waals surface area (Å²) in [5.74, 6) is -1.53. The Kier molecular flexibility index (Phi) is 4.17. The summed E-state index contributed by atoms with van der Waals surface area (Å²) < 4.78 is 64.5. The Balaban J connectivity index is 2.82. The Labute approximate surface area is 133 Å². The zero-order chi connectivity index (χ0) is 18.4. The van der Waals surface area contributed by atoms with Crippen molar-refractivity contribution in [2.24, 2.45) is 0 Å². The predicted octanol–water partition coefficient (Wildman–Crippen LogP) is 1.74. The van der Waals surface area contributed by atoms with Gasteiger partial charge in [0.2, 0.25) is 5.88 Å². The number of Topliss-reactive ketones (excluding diaryl/α,β-unsaturated/α-hetero) is 1. The minimum absolute atomic E-state index is 0.0543. The number of halogens is 3. The third-order valence-corrected chi connectivity index (χ3v) is 4.04. The topological polar surface area (TPSA) is 94.8 Å². The summed E-state index contributed by atoms with van der Waals surface area (Å²) >= 11 is 0. The maximum atomic E-state index is 12.4. The largest absolute Gasteiger partial charge is 0.534 e. The van der Waals surface area contributed by atoms with E-state index in [9.17, 15) is 31.2 Å². The molecule has 24 heavy (non-hydrogen) atoms. The number of aryl methyl sites for hydroxylation is 1. The summed E-state index contributed by atoms with van der Waals surface area (Å²) in [4.78, 5) is 27.6. The van der Waals surface area contributed by atoms with Crippen molar-refractivity contribution in [3.05, 3.63) is 39.3 Å². The van der Waals surface area contributed by atoms with Crippen LogP contribution in [0.15, 0.2) is 17.1 Å². The standard InChI is InChI=1S/C13H11F3N2O5S/c1-6-4-9(8(3)19)10-17-11(7(2)12(20)18(10)5-6)23-24(21,22)13(14,15)16/h4-5H,1-3H3. The van der Waals surface area contributed by atoms with Gasteiger partial charge in [0.25, 0.3) is 5.56 Å². The Hall–Kier alpha value is -2.43. The Morgan fingerprint density at radius 2 is 1.88 bits per heavy atom. The van der Waals surface area contributed by atoms with E-state index in [1.165, 1.54) is 19.2 Å². The number of hydrogen-bond acceptors (Lipinski definition) is 6. The number of pyridine rings is 1. The minimum atomic E-state index is -6.00. The lowest BCUT2D eigenvalue weighted by Gasteiger charge is -2.13. The first-order valence-electron chi connectivity index (χ1n) is 6.40. The fourth-order valence-corrected chi connectivity index (χ4v) is 2.40. The van der Waals surface area contributed by atoms with Crippen LogP contribution in [0.5, 0.6) is 5.88 Å². The highest BCUT2D eigenvalue weighted by molar-refractivity contribution is 7.87. The van der Waals surface area contributed by atoms with Gasteiger partial charge in [-0.3, -0.25) is 14.0 Å². The number of aromatic nitrogens is 2. The van der Waals surface area contributed by atoms with Crippen molar-refractivity contribution in [2.45, 2.75) is 26.3 Å². The van der Waals surface area contributed by atoms with E-state index in [1.54, 1.807) is 6.92 Å². The molecule has 0 aliphatic heterocycles. The molecule has 0 aliphatic rings. The molecule has 0 fully saturated rings. The fraction of sp³-hybridized carbons (Fsp3) is 0.308. The van der Waals surface area contributed by atoms with Crippen LogP contribution in [-0.4, -0.2) is 29.1 Å². The van der Waals surface area contributed by atoms with E-state index < -0.39 is 38.4 Å². The molecule has 2 aromatic heterocycles. The van der Waals surface area contributed by atoms with Gasteiger partial charge in [-0.2, -0.15) is 26.6 Å². The number of fused-ring (bicyclic) bond motifs is 1. The summed E-state index contributed by atoms with van der Waals surface area (Å²) in [5, 5.41) is 0. The molecule has 0 radical (unpaired) electrons. The minimum Gasteiger partial charge on any atom is -0.355 e. The van der Waals surface area contributed by atoms with Crippen molar-refractivity contribution >= 4 is 21.5 Å². The van der Waals surface area contributed by atoms with Gasteiger partial charge in [0.05, 0.1) is 11.1 Å². The highest BCUT2D eigenvalue weighted by Gasteiger charge is 2.49. The predicted molar refractivity (Wildman–Crippen MR) is 76.5 cm³/mol. The number of alkyl halides is 3. The van der Waals surface area contributed by atoms with Crippen LogP contribution in [0.4, 0.5) is 13.2 Å². The molecule has 0 saturated carbocycles. The lowest BCUT2D eigenvalue weighted by Crippen LogP contribution is -2.30. The van der Waals surface area contributed by atoms with Crippen LogP contribution in [0.25, 0.3) is 5.65 Å². The number of carbonyl (C=O) groups is 1. The molecule has 0 spiro atoms. The van der Waals surface area contributed by atoms with Gasteiger partial charge in [0, 0.05) is 6.20 Å². The van der Waals surface area contributed by atoms with Crippen molar-refractivity contribution in [3.8, 4) is 5.88 Å². The lowest BCUT2D eigenvalue weighted by atomic mass is 10.1. The van der Waals surface area contributed by atoms with E-state index in [2.05, 4.69) is 9.17 Å². The average Bonchev–Trinajstić information content (AvgIpc) is 2.43. The number of rotatable bonds is 3. The summed E-state index contributed by atoms with van der Waals surface area (Å²) in [6.45, 7) is 3.85. The first kappa shape index (κ1) is 17.9. The van der Waals surface area contributed by atoms with Crippen LogP contribution >= 0.6 is 0 Å². The molecule has 0 amide bonds. The smallest absolute Gasteiger partial charge is 0.355 e. The van der Waals surface area contributed by atoms with Crippen LogP contribution in [0.2, 0.25) is 0 Å². The van der Waals surface area contributed by atoms with Crippen molar-refractivity contribution < 1.29 is 30.6 Å². The van der Waals surface area contributed by atoms with Crippen LogP contribution in [-0.2, 0) is 10.1 Å². The van der Waals surface area contributed by atoms with Gasteiger partial charge < -0.3 is 4.18 Å².